The molecule has 0 spiro atoms. The fourth-order valence-electron chi connectivity index (χ4n) is 5.57. The van der Waals surface area contributed by atoms with E-state index < -0.39 is 0 Å². The summed E-state index contributed by atoms with van der Waals surface area (Å²) in [6, 6.07) is 10.4. The number of hydrogen-bond acceptors (Lipinski definition) is 15. The second kappa shape index (κ2) is 108. The largest absolute Gasteiger partial charge is 0.330 e. The van der Waals surface area contributed by atoms with Gasteiger partial charge in [0, 0.05) is 39.3 Å². The van der Waals surface area contributed by atoms with E-state index in [4.69, 9.17) is 63.1 Å². The molecule has 0 aromatic heterocycles. The molecule has 0 bridgehead atoms. The summed E-state index contributed by atoms with van der Waals surface area (Å²) in [5.74, 6) is 0.849. The Labute approximate surface area is 499 Å². The fraction of sp³-hybridized carbons (Fsp3) is 0.906. The molecule has 79 heavy (non-hydrogen) atoms. The quantitative estimate of drug-likeness (QED) is 0.0298. The monoisotopic (exact) mass is 1140 g/mol. The van der Waals surface area contributed by atoms with Crippen molar-refractivity contribution in [2.45, 2.75) is 239 Å². The van der Waals surface area contributed by atoms with Crippen molar-refractivity contribution in [3.63, 3.8) is 0 Å². The molecule has 15 nitrogen and oxygen atoms in total. The van der Waals surface area contributed by atoms with Gasteiger partial charge < -0.3 is 79.0 Å². The van der Waals surface area contributed by atoms with Gasteiger partial charge in [0.25, 0.3) is 0 Å². The maximum atomic E-state index is 5.40. The number of piperazine rings is 1. The Morgan fingerprint density at radius 2 is 0.823 bits per heavy atom. The number of nitrogens with zero attached hydrogens (tertiary/aromatic N) is 1. The highest BCUT2D eigenvalue weighted by Crippen LogP contribution is 2.08. The predicted octanol–water partition coefficient (Wildman–Crippen LogP) is 10.0. The van der Waals surface area contributed by atoms with E-state index in [-0.39, 0.29) is 14.9 Å². The first-order valence-corrected chi connectivity index (χ1v) is 31.6. The molecule has 0 atom stereocenters. The molecule has 0 unspecified atom stereocenters. The van der Waals surface area contributed by atoms with E-state index in [1.165, 1.54) is 128 Å². The zero-order valence-electron chi connectivity index (χ0n) is 54.5. The van der Waals surface area contributed by atoms with Crippen LogP contribution in [0.15, 0.2) is 30.3 Å². The topological polar surface area (TPSA) is 326 Å². The van der Waals surface area contributed by atoms with Gasteiger partial charge in [0.2, 0.25) is 0 Å². The van der Waals surface area contributed by atoms with E-state index >= 15 is 0 Å². The lowest BCUT2D eigenvalue weighted by atomic mass is 9.98. The maximum absolute atomic E-state index is 5.40. The first kappa shape index (κ1) is 103. The molecule has 0 radical (unpaired) electrons. The van der Waals surface area contributed by atoms with Crippen LogP contribution in [0.3, 0.4) is 0 Å². The van der Waals surface area contributed by atoms with Crippen LogP contribution in [-0.4, -0.2) is 136 Å². The fourth-order valence-corrected chi connectivity index (χ4v) is 5.57. The molecule has 490 valence electrons. The summed E-state index contributed by atoms with van der Waals surface area (Å²) in [5.41, 5.74) is 59.6. The van der Waals surface area contributed by atoms with Crippen LogP contribution in [0, 0.1) is 11.3 Å². The molecule has 25 N–H and O–H groups in total. The number of nitrogens with one attached hydrogen (secondary N) is 3. The van der Waals surface area contributed by atoms with Gasteiger partial charge in [-0.2, -0.15) is 0 Å². The van der Waals surface area contributed by atoms with E-state index in [2.05, 4.69) is 121 Å². The lowest BCUT2D eigenvalue weighted by molar-refractivity contribution is 0.247. The molecule has 15 heteroatoms. The maximum Gasteiger partial charge on any atom is 0.0108 e. The lowest BCUT2D eigenvalue weighted by Gasteiger charge is -2.26. The molecule has 1 aromatic carbocycles. The summed E-state index contributed by atoms with van der Waals surface area (Å²) >= 11 is 0. The van der Waals surface area contributed by atoms with Crippen LogP contribution < -0.4 is 79.0 Å². The van der Waals surface area contributed by atoms with Crippen LogP contribution in [0.5, 0.6) is 0 Å². The van der Waals surface area contributed by atoms with Crippen molar-refractivity contribution in [2.75, 3.05) is 131 Å². The second-order valence-electron chi connectivity index (χ2n) is 20.8. The summed E-state index contributed by atoms with van der Waals surface area (Å²) in [7, 11) is 1.93. The summed E-state index contributed by atoms with van der Waals surface area (Å²) in [4.78, 5) is 2.39. The first-order valence-electron chi connectivity index (χ1n) is 31.6. The summed E-state index contributed by atoms with van der Waals surface area (Å²) < 4.78 is 0. The highest BCUT2D eigenvalue weighted by Gasteiger charge is 2.06. The minimum Gasteiger partial charge on any atom is -0.330 e. The molecule has 2 rings (SSSR count). The van der Waals surface area contributed by atoms with Gasteiger partial charge in [-0.05, 0) is 173 Å². The molecule has 1 aliphatic rings. The van der Waals surface area contributed by atoms with Crippen molar-refractivity contribution in [1.82, 2.24) is 20.9 Å². The van der Waals surface area contributed by atoms with Crippen molar-refractivity contribution in [1.29, 1.82) is 0 Å². The number of aryl methyl sites for hydroxylation is 1. The number of unbranched alkanes of at least 4 members (excludes halogenated alkanes) is 12. The van der Waals surface area contributed by atoms with Gasteiger partial charge in [-0.1, -0.05) is 205 Å². The van der Waals surface area contributed by atoms with Crippen LogP contribution in [0.25, 0.3) is 0 Å². The molecule has 0 amide bonds. The van der Waals surface area contributed by atoms with Gasteiger partial charge in [-0.15, -0.1) is 0 Å². The van der Waals surface area contributed by atoms with Gasteiger partial charge in [-0.25, -0.2) is 0 Å². The van der Waals surface area contributed by atoms with Crippen molar-refractivity contribution in [2.24, 2.45) is 74.4 Å². The Balaban J connectivity index is -0.0000000718. The average molecular weight is 1140 g/mol. The number of rotatable bonds is 32. The molecule has 1 aromatic rings. The third-order valence-corrected chi connectivity index (χ3v) is 10.7. The molecule has 1 fully saturated rings. The van der Waals surface area contributed by atoms with Crippen molar-refractivity contribution in [3.8, 4) is 0 Å². The zero-order valence-corrected chi connectivity index (χ0v) is 54.5. The van der Waals surface area contributed by atoms with Crippen molar-refractivity contribution >= 4 is 0 Å². The van der Waals surface area contributed by atoms with E-state index in [9.17, 15) is 0 Å². The highest BCUT2D eigenvalue weighted by atomic mass is 15.2. The smallest absolute Gasteiger partial charge is 0.0108 e. The Hall–Kier alpha value is -1.38. The average Bonchev–Trinajstić information content (AvgIpc) is 3.43. The third-order valence-electron chi connectivity index (χ3n) is 10.7. The van der Waals surface area contributed by atoms with Crippen molar-refractivity contribution < 1.29 is 0 Å². The standard InChI is InChI=1S/C9H13N.C7H17N.C6H15N3.3C6H15N.C5H14N2.C5H13N.C4H12N2.2C4H11N.2CH4/c10-8-4-7-9-5-2-1-3-6-9;1-7(2)5-3-4-6-8;7-1-4-9-5-2-8-3-6-9;3*1-2-3-4-5-6-7;1-2-7-5-3-4-6;1-5(2,3)4-6;1-6-4-2-3-5;2*1-2-3-4-5;;/h1-3,5-6H,4,7-8,10H2;7H,3-6,8H2,1-2H3;8H,1-7H2;3*2-7H2,1H3;7H,2-6H2,1H3;4,6H2,1-3H3;6H,2-5H2,1H3;2*2-5H2,1H3;2*1H4. The molecule has 0 aliphatic carbocycles. The molecule has 1 aliphatic heterocycles. The molecular weight excluding hydrogens is 979 g/mol. The number of hydrogen-bond donors (Lipinski definition) is 14. The highest BCUT2D eigenvalue weighted by molar-refractivity contribution is 5.14. The SMILES string of the molecule is C.C.CC(C)(C)CN.CC(C)CCCCN.CCCCCCN.CCCCCCN.CCCCCCN.CCCCN.CCCCN.CCNCCCN.CNCCCN.NCCCc1ccccc1.NCCN1CCNCC1. The van der Waals surface area contributed by atoms with Gasteiger partial charge in [0.15, 0.2) is 0 Å². The van der Waals surface area contributed by atoms with Crippen molar-refractivity contribution in [3.05, 3.63) is 35.9 Å². The van der Waals surface area contributed by atoms with Gasteiger partial charge in [-0.3, -0.25) is 4.90 Å². The molecular formula is C64H159N15. The van der Waals surface area contributed by atoms with E-state index in [1.807, 2.05) is 13.1 Å². The number of nitrogens with two attached hydrogens (primary N) is 11. The Bertz CT molecular complexity index is 882. The Morgan fingerprint density at radius 1 is 0.468 bits per heavy atom. The van der Waals surface area contributed by atoms with Crippen LogP contribution in [0.2, 0.25) is 0 Å². The van der Waals surface area contributed by atoms with Crippen LogP contribution in [0.4, 0.5) is 0 Å². The zero-order chi connectivity index (χ0) is 60.6. The predicted molar refractivity (Wildman–Crippen MR) is 369 cm³/mol. The van der Waals surface area contributed by atoms with E-state index in [0.29, 0.717) is 5.41 Å². The van der Waals surface area contributed by atoms with E-state index in [1.54, 1.807) is 0 Å². The molecule has 1 saturated heterocycles. The van der Waals surface area contributed by atoms with Crippen LogP contribution >= 0.6 is 0 Å². The summed E-state index contributed by atoms with van der Waals surface area (Å²) in [5, 5.41) is 9.45. The Kier molecular flexibility index (Phi) is 141. The summed E-state index contributed by atoms with van der Waals surface area (Å²) in [6.45, 7) is 41.7. The Morgan fingerprint density at radius 3 is 1.09 bits per heavy atom. The van der Waals surface area contributed by atoms with E-state index in [0.717, 1.165) is 156 Å². The van der Waals surface area contributed by atoms with Crippen LogP contribution in [0.1, 0.15) is 238 Å². The molecule has 1 heterocycles. The van der Waals surface area contributed by atoms with Crippen LogP contribution in [-0.2, 0) is 6.42 Å². The summed E-state index contributed by atoms with van der Waals surface area (Å²) in [6.07, 6.45) is 28.5. The molecule has 0 saturated carbocycles. The second-order valence-corrected chi connectivity index (χ2v) is 20.8. The van der Waals surface area contributed by atoms with Gasteiger partial charge in [0.05, 0.1) is 0 Å². The third kappa shape index (κ3) is 154. The minimum atomic E-state index is 0. The van der Waals surface area contributed by atoms with Gasteiger partial charge >= 0.3 is 0 Å². The first-order chi connectivity index (χ1) is 37.1. The van der Waals surface area contributed by atoms with Gasteiger partial charge in [0.1, 0.15) is 0 Å². The lowest BCUT2D eigenvalue weighted by Crippen LogP contribution is -2.45. The number of benzene rings is 1. The minimum absolute atomic E-state index is 0. The normalized spacial score (nSPS) is 10.8.